The number of carbonyl (C=O) groups excluding carboxylic acids is 3. The lowest BCUT2D eigenvalue weighted by atomic mass is 10.0. The van der Waals surface area contributed by atoms with Gasteiger partial charge in [0.05, 0.1) is 6.42 Å². The van der Waals surface area contributed by atoms with Gasteiger partial charge in [-0.25, -0.2) is 0 Å². The van der Waals surface area contributed by atoms with Crippen molar-refractivity contribution in [2.75, 3.05) is 13.2 Å². The van der Waals surface area contributed by atoms with Crippen molar-refractivity contribution in [1.29, 1.82) is 0 Å². The number of unbranched alkanes of at least 4 members (excludes halogenated alkanes) is 31. The van der Waals surface area contributed by atoms with Crippen molar-refractivity contribution in [3.8, 4) is 0 Å². The molecule has 0 heterocycles. The Labute approximate surface area is 501 Å². The van der Waals surface area contributed by atoms with Crippen molar-refractivity contribution in [3.63, 3.8) is 0 Å². The van der Waals surface area contributed by atoms with Gasteiger partial charge in [-0.15, -0.1) is 0 Å². The maximum absolute atomic E-state index is 12.8. The van der Waals surface area contributed by atoms with E-state index >= 15 is 0 Å². The van der Waals surface area contributed by atoms with Gasteiger partial charge in [-0.2, -0.15) is 0 Å². The van der Waals surface area contributed by atoms with Crippen molar-refractivity contribution in [3.05, 3.63) is 122 Å². The Hall–Kier alpha value is -4.19. The molecular formula is C75H126O6. The van der Waals surface area contributed by atoms with Gasteiger partial charge in [0, 0.05) is 12.8 Å². The number of ether oxygens (including phenoxy) is 3. The van der Waals surface area contributed by atoms with Crippen molar-refractivity contribution < 1.29 is 28.6 Å². The van der Waals surface area contributed by atoms with Crippen LogP contribution in [0.3, 0.4) is 0 Å². The maximum atomic E-state index is 12.8. The second-order valence-corrected chi connectivity index (χ2v) is 22.3. The zero-order chi connectivity index (χ0) is 58.5. The molecule has 0 saturated heterocycles. The Bertz CT molecular complexity index is 1670. The summed E-state index contributed by atoms with van der Waals surface area (Å²) in [7, 11) is 0. The molecular weight excluding hydrogens is 997 g/mol. The highest BCUT2D eigenvalue weighted by molar-refractivity contribution is 5.72. The number of hydrogen-bond acceptors (Lipinski definition) is 6. The van der Waals surface area contributed by atoms with E-state index in [0.717, 1.165) is 70.6 Å². The van der Waals surface area contributed by atoms with Gasteiger partial charge >= 0.3 is 17.9 Å². The van der Waals surface area contributed by atoms with Gasteiger partial charge in [-0.3, -0.25) is 14.4 Å². The summed E-state index contributed by atoms with van der Waals surface area (Å²) < 4.78 is 16.7. The van der Waals surface area contributed by atoms with Gasteiger partial charge in [-0.05, 0) is 96.3 Å². The molecule has 81 heavy (non-hydrogen) atoms. The molecule has 1 atom stereocenters. The normalized spacial score (nSPS) is 12.9. The van der Waals surface area contributed by atoms with Crippen molar-refractivity contribution in [1.82, 2.24) is 0 Å². The first-order chi connectivity index (χ1) is 40.0. The van der Waals surface area contributed by atoms with Crippen LogP contribution in [0.5, 0.6) is 0 Å². The first-order valence-corrected chi connectivity index (χ1v) is 34.0. The standard InChI is InChI=1S/C75H126O6/c1-4-7-10-13-16-19-22-25-27-28-29-30-31-32-33-34-35-36-37-38-39-40-41-42-43-44-45-46-48-50-53-56-59-62-65-68-74(77)80-71-72(70-79-73(76)67-64-61-58-55-52-49-24-21-18-15-12-9-6-3)81-75(78)69-66-63-60-57-54-51-47-26-23-20-17-14-11-8-5-2/h8-9,11-12,17-18,20-21,26,28-29,47,49,52,54,57-58,61,63,66,72H,4-7,10,13-16,19,22-25,27,30-46,48,50-51,53,55-56,59-60,62,64-65,67-71H2,1-3H3/b11-8-,12-9-,20-17-,21-18-,29-28-,47-26-,52-49-,57-54-,61-58-,66-63-. The summed E-state index contributed by atoms with van der Waals surface area (Å²) in [6, 6.07) is 0. The van der Waals surface area contributed by atoms with E-state index in [-0.39, 0.29) is 38.0 Å². The summed E-state index contributed by atoms with van der Waals surface area (Å²) in [5, 5.41) is 0. The van der Waals surface area contributed by atoms with Gasteiger partial charge in [-0.1, -0.05) is 322 Å². The van der Waals surface area contributed by atoms with Crippen molar-refractivity contribution >= 4 is 17.9 Å². The van der Waals surface area contributed by atoms with E-state index in [9.17, 15) is 14.4 Å². The number of allylic oxidation sites excluding steroid dienone is 19. The zero-order valence-corrected chi connectivity index (χ0v) is 53.0. The summed E-state index contributed by atoms with van der Waals surface area (Å²) in [6.07, 6.45) is 95.9. The Balaban J connectivity index is 4.17. The molecule has 0 aromatic rings. The molecule has 6 heteroatoms. The maximum Gasteiger partial charge on any atom is 0.310 e. The molecule has 0 saturated carbocycles. The van der Waals surface area contributed by atoms with E-state index in [0.29, 0.717) is 19.3 Å². The number of rotatable bonds is 61. The fraction of sp³-hybridized carbons (Fsp3) is 0.693. The van der Waals surface area contributed by atoms with Crippen LogP contribution >= 0.6 is 0 Å². The van der Waals surface area contributed by atoms with E-state index < -0.39 is 12.1 Å². The summed E-state index contributed by atoms with van der Waals surface area (Å²) in [5.41, 5.74) is 0. The first kappa shape index (κ1) is 76.8. The topological polar surface area (TPSA) is 78.9 Å². The molecule has 0 aliphatic heterocycles. The van der Waals surface area contributed by atoms with Crippen LogP contribution in [-0.4, -0.2) is 37.2 Å². The van der Waals surface area contributed by atoms with Crippen molar-refractivity contribution in [2.24, 2.45) is 0 Å². The fourth-order valence-electron chi connectivity index (χ4n) is 9.47. The second-order valence-electron chi connectivity index (χ2n) is 22.3. The van der Waals surface area contributed by atoms with Crippen LogP contribution < -0.4 is 0 Å². The third-order valence-electron chi connectivity index (χ3n) is 14.5. The molecule has 0 radical (unpaired) electrons. The summed E-state index contributed by atoms with van der Waals surface area (Å²) in [4.78, 5) is 38.1. The number of esters is 3. The van der Waals surface area contributed by atoms with Gasteiger partial charge in [0.15, 0.2) is 6.10 Å². The van der Waals surface area contributed by atoms with Crippen LogP contribution in [0.25, 0.3) is 0 Å². The van der Waals surface area contributed by atoms with Gasteiger partial charge in [0.1, 0.15) is 13.2 Å². The quantitative estimate of drug-likeness (QED) is 0.0261. The second kappa shape index (κ2) is 68.3. The molecule has 0 amide bonds. The van der Waals surface area contributed by atoms with Crippen LogP contribution in [0.4, 0.5) is 0 Å². The van der Waals surface area contributed by atoms with Crippen LogP contribution in [0.1, 0.15) is 316 Å². The van der Waals surface area contributed by atoms with E-state index in [2.05, 4.69) is 118 Å². The zero-order valence-electron chi connectivity index (χ0n) is 53.0. The Morgan fingerprint density at radius 1 is 0.272 bits per heavy atom. The van der Waals surface area contributed by atoms with Crippen LogP contribution in [-0.2, 0) is 28.6 Å². The lowest BCUT2D eigenvalue weighted by Gasteiger charge is -2.18. The molecule has 0 aliphatic rings. The molecule has 0 N–H and O–H groups in total. The Kier molecular flexibility index (Phi) is 64.8. The summed E-state index contributed by atoms with van der Waals surface area (Å²) in [5.74, 6) is -1.15. The summed E-state index contributed by atoms with van der Waals surface area (Å²) >= 11 is 0. The van der Waals surface area contributed by atoms with Crippen LogP contribution in [0.2, 0.25) is 0 Å². The molecule has 0 aromatic carbocycles. The Morgan fingerprint density at radius 2 is 0.543 bits per heavy atom. The predicted molar refractivity (Wildman–Crippen MR) is 353 cm³/mol. The lowest BCUT2D eigenvalue weighted by molar-refractivity contribution is -0.166. The largest absolute Gasteiger partial charge is 0.462 e. The van der Waals surface area contributed by atoms with Crippen LogP contribution in [0.15, 0.2) is 122 Å². The van der Waals surface area contributed by atoms with Gasteiger partial charge in [0.2, 0.25) is 0 Å². The monoisotopic (exact) mass is 1120 g/mol. The minimum atomic E-state index is -0.864. The van der Waals surface area contributed by atoms with Crippen molar-refractivity contribution in [2.45, 2.75) is 322 Å². The highest BCUT2D eigenvalue weighted by atomic mass is 16.6. The summed E-state index contributed by atoms with van der Waals surface area (Å²) in [6.45, 7) is 6.28. The molecule has 6 nitrogen and oxygen atoms in total. The minimum Gasteiger partial charge on any atom is -0.462 e. The molecule has 0 aromatic heterocycles. The average molecular weight is 1120 g/mol. The smallest absolute Gasteiger partial charge is 0.310 e. The molecule has 0 bridgehead atoms. The molecule has 0 spiro atoms. The lowest BCUT2D eigenvalue weighted by Crippen LogP contribution is -2.30. The van der Waals surface area contributed by atoms with E-state index in [4.69, 9.17) is 14.2 Å². The SMILES string of the molecule is CC/C=C\C/C=C\C/C=C\C/C=C\C/C=C\CC(=O)OC(COC(=O)CC/C=C\C/C=C\C/C=C\C/C=C\CC)COC(=O)CCCCCCCCCCCCCCCCCCCCCCCCC/C=C\CCCCCCCCCC. The molecule has 0 fully saturated rings. The minimum absolute atomic E-state index is 0.0799. The van der Waals surface area contributed by atoms with E-state index in [1.807, 2.05) is 18.2 Å². The molecule has 0 rings (SSSR count). The third-order valence-corrected chi connectivity index (χ3v) is 14.5. The highest BCUT2D eigenvalue weighted by Crippen LogP contribution is 2.17. The van der Waals surface area contributed by atoms with Crippen LogP contribution in [0, 0.1) is 0 Å². The first-order valence-electron chi connectivity index (χ1n) is 34.0. The highest BCUT2D eigenvalue weighted by Gasteiger charge is 2.19. The van der Waals surface area contributed by atoms with Gasteiger partial charge in [0.25, 0.3) is 0 Å². The number of carbonyl (C=O) groups is 3. The van der Waals surface area contributed by atoms with E-state index in [1.54, 1.807) is 6.08 Å². The average Bonchev–Trinajstić information content (AvgIpc) is 3.46. The molecule has 1 unspecified atom stereocenters. The molecule has 0 aliphatic carbocycles. The predicted octanol–water partition coefficient (Wildman–Crippen LogP) is 23.6. The number of hydrogen-bond donors (Lipinski definition) is 0. The van der Waals surface area contributed by atoms with E-state index in [1.165, 1.54) is 193 Å². The molecule has 462 valence electrons. The fourth-order valence-corrected chi connectivity index (χ4v) is 9.47. The Morgan fingerprint density at radius 3 is 0.889 bits per heavy atom. The van der Waals surface area contributed by atoms with Gasteiger partial charge < -0.3 is 14.2 Å². The third kappa shape index (κ3) is 66.5.